The van der Waals surface area contributed by atoms with Crippen LogP contribution in [0, 0.1) is 0 Å². The highest BCUT2D eigenvalue weighted by atomic mass is 32.2. The topological polar surface area (TPSA) is 72.0 Å². The summed E-state index contributed by atoms with van der Waals surface area (Å²) in [7, 11) is -2.93. The second-order valence-corrected chi connectivity index (χ2v) is 8.81. The molecule has 1 atom stereocenters. The van der Waals surface area contributed by atoms with Crippen molar-refractivity contribution in [1.82, 2.24) is 9.97 Å². The normalized spacial score (nSPS) is 19.9. The molecule has 1 aromatic carbocycles. The number of thiophene rings is 1. The van der Waals surface area contributed by atoms with Crippen LogP contribution < -0.4 is 5.32 Å². The van der Waals surface area contributed by atoms with E-state index >= 15 is 0 Å². The average molecular weight is 345 g/mol. The van der Waals surface area contributed by atoms with E-state index in [9.17, 15) is 8.42 Å². The van der Waals surface area contributed by atoms with Gasteiger partial charge in [0.15, 0.2) is 15.7 Å². The molecule has 1 aliphatic heterocycles. The molecule has 3 aromatic rings. The lowest BCUT2D eigenvalue weighted by Crippen LogP contribution is -2.21. The summed E-state index contributed by atoms with van der Waals surface area (Å²) in [6, 6.07) is 11.6. The van der Waals surface area contributed by atoms with Gasteiger partial charge in [-0.25, -0.2) is 18.4 Å². The van der Waals surface area contributed by atoms with Crippen LogP contribution in [0.3, 0.4) is 0 Å². The van der Waals surface area contributed by atoms with Gasteiger partial charge in [0.1, 0.15) is 5.82 Å². The van der Waals surface area contributed by atoms with Crippen LogP contribution in [0.2, 0.25) is 0 Å². The molecule has 0 radical (unpaired) electrons. The molecule has 4 rings (SSSR count). The first kappa shape index (κ1) is 14.6. The van der Waals surface area contributed by atoms with E-state index in [-0.39, 0.29) is 17.5 Å². The lowest BCUT2D eigenvalue weighted by atomic mass is 10.2. The van der Waals surface area contributed by atoms with Crippen LogP contribution in [-0.4, -0.2) is 35.9 Å². The third-order valence-electron chi connectivity index (χ3n) is 3.92. The molecule has 2 aromatic heterocycles. The van der Waals surface area contributed by atoms with Crippen molar-refractivity contribution in [1.29, 1.82) is 0 Å². The van der Waals surface area contributed by atoms with Crippen molar-refractivity contribution in [3.63, 3.8) is 0 Å². The quantitative estimate of drug-likeness (QED) is 0.790. The van der Waals surface area contributed by atoms with Crippen LogP contribution >= 0.6 is 11.3 Å². The van der Waals surface area contributed by atoms with Gasteiger partial charge in [-0.1, -0.05) is 18.2 Å². The highest BCUT2D eigenvalue weighted by Gasteiger charge is 2.28. The summed E-state index contributed by atoms with van der Waals surface area (Å²) >= 11 is 1.59. The van der Waals surface area contributed by atoms with Crippen molar-refractivity contribution >= 4 is 37.9 Å². The van der Waals surface area contributed by atoms with E-state index in [0.717, 1.165) is 15.8 Å². The molecule has 0 bridgehead atoms. The second kappa shape index (κ2) is 5.58. The van der Waals surface area contributed by atoms with Gasteiger partial charge < -0.3 is 5.32 Å². The molecule has 1 saturated heterocycles. The maximum Gasteiger partial charge on any atom is 0.172 e. The molecular formula is C16H15N3O2S2. The maximum absolute atomic E-state index is 11.7. The Hall–Kier alpha value is -1.99. The van der Waals surface area contributed by atoms with Crippen molar-refractivity contribution < 1.29 is 8.42 Å². The maximum atomic E-state index is 11.7. The minimum Gasteiger partial charge on any atom is -0.366 e. The molecule has 1 fully saturated rings. The minimum absolute atomic E-state index is 0.0884. The first-order valence-electron chi connectivity index (χ1n) is 7.38. The molecule has 0 saturated carbocycles. The van der Waals surface area contributed by atoms with E-state index in [1.54, 1.807) is 11.3 Å². The highest BCUT2D eigenvalue weighted by molar-refractivity contribution is 7.91. The molecular weight excluding hydrogens is 330 g/mol. The third kappa shape index (κ3) is 2.94. The Kier molecular flexibility index (Phi) is 3.54. The Morgan fingerprint density at radius 1 is 1.13 bits per heavy atom. The number of hydrogen-bond acceptors (Lipinski definition) is 6. The zero-order valence-electron chi connectivity index (χ0n) is 12.3. The van der Waals surface area contributed by atoms with Gasteiger partial charge in [0.2, 0.25) is 0 Å². The molecule has 1 aliphatic rings. The Labute approximate surface area is 138 Å². The Morgan fingerprint density at radius 2 is 2.00 bits per heavy atom. The molecule has 3 heterocycles. The van der Waals surface area contributed by atoms with Gasteiger partial charge in [-0.3, -0.25) is 0 Å². The molecule has 0 amide bonds. The molecule has 23 heavy (non-hydrogen) atoms. The van der Waals surface area contributed by atoms with E-state index in [1.807, 2.05) is 41.8 Å². The fourth-order valence-electron chi connectivity index (χ4n) is 2.80. The predicted molar refractivity (Wildman–Crippen MR) is 93.5 cm³/mol. The standard InChI is InChI=1S/C16H15N3O2S2/c20-23(21)9-7-11(10-23)17-15-12-4-1-2-5-13(12)18-16(19-15)14-6-3-8-22-14/h1-6,8,11H,7,9-10H2,(H,17,18,19)/t11-/m1/s1. The predicted octanol–water partition coefficient (Wildman–Crippen LogP) is 2.96. The summed E-state index contributed by atoms with van der Waals surface area (Å²) in [6.07, 6.45) is 0.620. The van der Waals surface area contributed by atoms with E-state index in [4.69, 9.17) is 0 Å². The largest absolute Gasteiger partial charge is 0.366 e. The van der Waals surface area contributed by atoms with E-state index < -0.39 is 9.84 Å². The molecule has 5 nitrogen and oxygen atoms in total. The summed E-state index contributed by atoms with van der Waals surface area (Å²) < 4.78 is 23.4. The lowest BCUT2D eigenvalue weighted by molar-refractivity contribution is 0.602. The number of anilines is 1. The Balaban J connectivity index is 1.78. The lowest BCUT2D eigenvalue weighted by Gasteiger charge is -2.14. The summed E-state index contributed by atoms with van der Waals surface area (Å²) in [5.41, 5.74) is 0.856. The van der Waals surface area contributed by atoms with Crippen molar-refractivity contribution in [2.75, 3.05) is 16.8 Å². The zero-order chi connectivity index (χ0) is 15.9. The number of benzene rings is 1. The number of nitrogens with zero attached hydrogens (tertiary/aromatic N) is 2. The number of nitrogens with one attached hydrogen (secondary N) is 1. The summed E-state index contributed by atoms with van der Waals surface area (Å²) in [5, 5.41) is 6.22. The van der Waals surface area contributed by atoms with Crippen LogP contribution in [0.25, 0.3) is 21.6 Å². The fourth-order valence-corrected chi connectivity index (χ4v) is 5.14. The number of fused-ring (bicyclic) bond motifs is 1. The fraction of sp³-hybridized carbons (Fsp3) is 0.250. The van der Waals surface area contributed by atoms with Gasteiger partial charge in [0.25, 0.3) is 0 Å². The second-order valence-electron chi connectivity index (χ2n) is 5.63. The smallest absolute Gasteiger partial charge is 0.172 e. The van der Waals surface area contributed by atoms with Crippen LogP contribution in [0.4, 0.5) is 5.82 Å². The van der Waals surface area contributed by atoms with Gasteiger partial charge in [0, 0.05) is 11.4 Å². The van der Waals surface area contributed by atoms with Gasteiger partial charge >= 0.3 is 0 Å². The molecule has 0 spiro atoms. The number of sulfone groups is 1. The van der Waals surface area contributed by atoms with E-state index in [0.29, 0.717) is 18.1 Å². The van der Waals surface area contributed by atoms with Crippen LogP contribution in [0.5, 0.6) is 0 Å². The first-order chi connectivity index (χ1) is 11.1. The van der Waals surface area contributed by atoms with Crippen molar-refractivity contribution in [3.05, 3.63) is 41.8 Å². The molecule has 7 heteroatoms. The zero-order valence-corrected chi connectivity index (χ0v) is 13.9. The van der Waals surface area contributed by atoms with Crippen molar-refractivity contribution in [2.24, 2.45) is 0 Å². The summed E-state index contributed by atoms with van der Waals surface area (Å²) in [4.78, 5) is 10.3. The molecule has 0 aliphatic carbocycles. The number of rotatable bonds is 3. The highest BCUT2D eigenvalue weighted by Crippen LogP contribution is 2.28. The van der Waals surface area contributed by atoms with Gasteiger partial charge in [0.05, 0.1) is 21.9 Å². The molecule has 0 unspecified atom stereocenters. The van der Waals surface area contributed by atoms with Gasteiger partial charge in [-0.05, 0) is 30.0 Å². The molecule has 1 N–H and O–H groups in total. The molecule has 118 valence electrons. The summed E-state index contributed by atoms with van der Waals surface area (Å²) in [6.45, 7) is 0. The van der Waals surface area contributed by atoms with Crippen LogP contribution in [-0.2, 0) is 9.84 Å². The van der Waals surface area contributed by atoms with Crippen LogP contribution in [0.1, 0.15) is 6.42 Å². The number of para-hydroxylation sites is 1. The number of hydrogen-bond donors (Lipinski definition) is 1. The summed E-state index contributed by atoms with van der Waals surface area (Å²) in [5.74, 6) is 1.79. The van der Waals surface area contributed by atoms with E-state index in [2.05, 4.69) is 15.3 Å². The first-order valence-corrected chi connectivity index (χ1v) is 10.1. The van der Waals surface area contributed by atoms with Crippen molar-refractivity contribution in [2.45, 2.75) is 12.5 Å². The third-order valence-corrected chi connectivity index (χ3v) is 6.55. The monoisotopic (exact) mass is 345 g/mol. The van der Waals surface area contributed by atoms with Crippen LogP contribution in [0.15, 0.2) is 41.8 Å². The average Bonchev–Trinajstić information content (AvgIpc) is 3.17. The Bertz CT molecular complexity index is 953. The SMILES string of the molecule is O=S1(=O)CC[C@@H](Nc2nc(-c3cccs3)nc3ccccc23)C1. The minimum atomic E-state index is -2.93. The van der Waals surface area contributed by atoms with E-state index in [1.165, 1.54) is 0 Å². The van der Waals surface area contributed by atoms with Gasteiger partial charge in [-0.2, -0.15) is 0 Å². The Morgan fingerprint density at radius 3 is 2.74 bits per heavy atom. The van der Waals surface area contributed by atoms with Gasteiger partial charge in [-0.15, -0.1) is 11.3 Å². The van der Waals surface area contributed by atoms with Crippen molar-refractivity contribution in [3.8, 4) is 10.7 Å². The number of aromatic nitrogens is 2.